The fraction of sp³-hybridized carbons (Fsp3) is 0.190. The van der Waals surface area contributed by atoms with Crippen LogP contribution in [0, 0.1) is 0 Å². The summed E-state index contributed by atoms with van der Waals surface area (Å²) in [6.45, 7) is 2.23. The van der Waals surface area contributed by atoms with Crippen LogP contribution in [0.3, 0.4) is 0 Å². The van der Waals surface area contributed by atoms with Crippen LogP contribution in [0.2, 0.25) is 0 Å². The summed E-state index contributed by atoms with van der Waals surface area (Å²) in [7, 11) is 2.26. The van der Waals surface area contributed by atoms with E-state index < -0.39 is 0 Å². The molecule has 0 spiro atoms. The molecule has 5 nitrogen and oxygen atoms in total. The summed E-state index contributed by atoms with van der Waals surface area (Å²) in [5.41, 5.74) is 3.42. The van der Waals surface area contributed by atoms with Gasteiger partial charge in [-0.2, -0.15) is 0 Å². The molecule has 1 atom stereocenters. The molecule has 1 N–H and O–H groups in total. The van der Waals surface area contributed by atoms with Crippen molar-refractivity contribution in [3.8, 4) is 11.4 Å². The molecule has 27 heavy (non-hydrogen) atoms. The zero-order chi connectivity index (χ0) is 18.0. The normalized spacial score (nSPS) is 17.0. The molecule has 1 aliphatic heterocycles. The van der Waals surface area contributed by atoms with Crippen LogP contribution in [0.5, 0.6) is 0 Å². The van der Waals surface area contributed by atoms with E-state index in [9.17, 15) is 0 Å². The average Bonchev–Trinajstić information content (AvgIpc) is 3.27. The minimum Gasteiger partial charge on any atom is -0.333 e. The summed E-state index contributed by atoms with van der Waals surface area (Å²) in [6.07, 6.45) is 2.89. The van der Waals surface area contributed by atoms with Crippen LogP contribution >= 0.6 is 11.3 Å². The van der Waals surface area contributed by atoms with Crippen LogP contribution < -0.4 is 4.90 Å². The SMILES string of the molecule is C[NH+]1CCc2c(sc3ncn4nc(-c5cccc6ccccc56)nc4c23)C1. The van der Waals surface area contributed by atoms with E-state index in [1.54, 1.807) is 11.2 Å². The minimum atomic E-state index is 0.764. The Bertz CT molecular complexity index is 1330. The maximum absolute atomic E-state index is 4.97. The number of aromatic nitrogens is 4. The largest absolute Gasteiger partial charge is 0.333 e. The average molecular weight is 372 g/mol. The molecule has 1 unspecified atom stereocenters. The summed E-state index contributed by atoms with van der Waals surface area (Å²) in [6, 6.07) is 14.7. The molecule has 0 radical (unpaired) electrons. The van der Waals surface area contributed by atoms with Crippen LogP contribution in [0.4, 0.5) is 0 Å². The van der Waals surface area contributed by atoms with Crippen molar-refractivity contribution >= 4 is 38.0 Å². The predicted molar refractivity (Wildman–Crippen MR) is 108 cm³/mol. The van der Waals surface area contributed by atoms with E-state index >= 15 is 0 Å². The van der Waals surface area contributed by atoms with Crippen molar-refractivity contribution in [2.24, 2.45) is 0 Å². The van der Waals surface area contributed by atoms with Crippen molar-refractivity contribution in [2.45, 2.75) is 13.0 Å². The van der Waals surface area contributed by atoms with Crippen LogP contribution in [0.1, 0.15) is 10.4 Å². The van der Waals surface area contributed by atoms with Gasteiger partial charge in [0, 0.05) is 12.0 Å². The third-order valence-electron chi connectivity index (χ3n) is 5.51. The number of quaternary nitrogens is 1. The van der Waals surface area contributed by atoms with Crippen LogP contribution in [-0.4, -0.2) is 33.2 Å². The van der Waals surface area contributed by atoms with Gasteiger partial charge in [-0.3, -0.25) is 0 Å². The van der Waals surface area contributed by atoms with Crippen LogP contribution in [0.25, 0.3) is 38.0 Å². The Labute approximate surface area is 159 Å². The van der Waals surface area contributed by atoms with Gasteiger partial charge in [-0.05, 0) is 16.3 Å². The van der Waals surface area contributed by atoms with Gasteiger partial charge >= 0.3 is 0 Å². The molecule has 5 aromatic rings. The van der Waals surface area contributed by atoms with Crippen LogP contribution in [0.15, 0.2) is 48.8 Å². The molecule has 6 heteroatoms. The summed E-state index contributed by atoms with van der Waals surface area (Å²) >= 11 is 1.81. The molecule has 1 aliphatic rings. The van der Waals surface area contributed by atoms with Gasteiger partial charge < -0.3 is 4.90 Å². The van der Waals surface area contributed by atoms with E-state index in [-0.39, 0.29) is 0 Å². The lowest BCUT2D eigenvalue weighted by atomic mass is 10.0. The van der Waals surface area contributed by atoms with E-state index in [0.29, 0.717) is 0 Å². The van der Waals surface area contributed by atoms with Gasteiger partial charge in [0.25, 0.3) is 0 Å². The molecule has 0 amide bonds. The number of rotatable bonds is 1. The molecule has 0 aliphatic carbocycles. The first-order valence-corrected chi connectivity index (χ1v) is 10.0. The molecular weight excluding hydrogens is 354 g/mol. The third kappa shape index (κ3) is 2.23. The number of nitrogens with one attached hydrogen (secondary N) is 1. The number of likely N-dealkylation sites (N-methyl/N-ethyl adjacent to an activating group) is 1. The monoisotopic (exact) mass is 372 g/mol. The molecule has 4 heterocycles. The number of hydrogen-bond donors (Lipinski definition) is 1. The molecule has 6 rings (SSSR count). The fourth-order valence-electron chi connectivity index (χ4n) is 4.14. The van der Waals surface area contributed by atoms with Gasteiger partial charge in [0.2, 0.25) is 0 Å². The summed E-state index contributed by atoms with van der Waals surface area (Å²) in [4.78, 5) is 13.7. The van der Waals surface area contributed by atoms with Gasteiger partial charge in [0.05, 0.1) is 23.9 Å². The molecule has 0 saturated heterocycles. The molecule has 132 valence electrons. The third-order valence-corrected chi connectivity index (χ3v) is 6.65. The molecule has 0 saturated carbocycles. The Morgan fingerprint density at radius 1 is 1.11 bits per heavy atom. The second-order valence-electron chi connectivity index (χ2n) is 7.29. The Morgan fingerprint density at radius 3 is 2.96 bits per heavy atom. The zero-order valence-corrected chi connectivity index (χ0v) is 15.8. The summed E-state index contributed by atoms with van der Waals surface area (Å²) < 4.78 is 1.84. The lowest BCUT2D eigenvalue weighted by molar-refractivity contribution is -0.895. The summed E-state index contributed by atoms with van der Waals surface area (Å²) in [5, 5.41) is 8.35. The van der Waals surface area contributed by atoms with Gasteiger partial charge in [0.15, 0.2) is 11.5 Å². The highest BCUT2D eigenvalue weighted by atomic mass is 32.1. The smallest absolute Gasteiger partial charge is 0.182 e. The van der Waals surface area contributed by atoms with Crippen LogP contribution in [-0.2, 0) is 13.0 Å². The Kier molecular flexibility index (Phi) is 3.15. The maximum atomic E-state index is 4.97. The van der Waals surface area contributed by atoms with Crippen molar-refractivity contribution in [3.05, 3.63) is 59.2 Å². The first kappa shape index (κ1) is 15.2. The highest BCUT2D eigenvalue weighted by Crippen LogP contribution is 2.34. The van der Waals surface area contributed by atoms with Gasteiger partial charge in [-0.25, -0.2) is 14.5 Å². The topological polar surface area (TPSA) is 47.5 Å². The molecule has 0 bridgehead atoms. The highest BCUT2D eigenvalue weighted by molar-refractivity contribution is 7.19. The van der Waals surface area contributed by atoms with Gasteiger partial charge in [-0.15, -0.1) is 16.4 Å². The standard InChI is InChI=1S/C21H17N5S/c1-25-10-9-16-17(11-25)27-21-18(16)20-23-19(24-26(20)12-22-21)15-8-4-6-13-5-2-3-7-14(13)15/h2-8,12H,9-11H2,1H3/p+1. The molecular formula is C21H18N5S+. The van der Waals surface area contributed by atoms with E-state index in [2.05, 4.69) is 54.5 Å². The molecule has 3 aromatic heterocycles. The summed E-state index contributed by atoms with van der Waals surface area (Å²) in [5.74, 6) is 0.764. The van der Waals surface area contributed by atoms with E-state index in [1.165, 1.54) is 26.6 Å². The van der Waals surface area contributed by atoms with Crippen molar-refractivity contribution < 1.29 is 4.90 Å². The first-order valence-electron chi connectivity index (χ1n) is 9.23. The number of nitrogens with zero attached hydrogens (tertiary/aromatic N) is 4. The molecule has 2 aromatic carbocycles. The second kappa shape index (κ2) is 5.58. The second-order valence-corrected chi connectivity index (χ2v) is 8.38. The highest BCUT2D eigenvalue weighted by Gasteiger charge is 2.25. The van der Waals surface area contributed by atoms with Gasteiger partial charge in [0.1, 0.15) is 17.7 Å². The van der Waals surface area contributed by atoms with Crippen molar-refractivity contribution in [1.29, 1.82) is 0 Å². The van der Waals surface area contributed by atoms with E-state index in [0.717, 1.165) is 41.4 Å². The number of benzene rings is 2. The Balaban J connectivity index is 1.63. The van der Waals surface area contributed by atoms with Crippen molar-refractivity contribution in [3.63, 3.8) is 0 Å². The number of hydrogen-bond acceptors (Lipinski definition) is 4. The van der Waals surface area contributed by atoms with E-state index in [1.807, 2.05) is 15.9 Å². The Morgan fingerprint density at radius 2 is 2.00 bits per heavy atom. The number of fused-ring (bicyclic) bond motifs is 6. The number of thiophene rings is 1. The molecule has 0 fully saturated rings. The van der Waals surface area contributed by atoms with Crippen molar-refractivity contribution in [1.82, 2.24) is 19.6 Å². The van der Waals surface area contributed by atoms with E-state index in [4.69, 9.17) is 10.1 Å². The quantitative estimate of drug-likeness (QED) is 0.492. The maximum Gasteiger partial charge on any atom is 0.182 e. The lowest BCUT2D eigenvalue weighted by Gasteiger charge is -2.19. The predicted octanol–water partition coefficient (Wildman–Crippen LogP) is 2.73. The lowest BCUT2D eigenvalue weighted by Crippen LogP contribution is -3.08. The Hall–Kier alpha value is -2.83. The fourth-order valence-corrected chi connectivity index (χ4v) is 5.44. The first-order chi connectivity index (χ1) is 13.3. The van der Waals surface area contributed by atoms with Crippen molar-refractivity contribution in [2.75, 3.05) is 13.6 Å². The zero-order valence-electron chi connectivity index (χ0n) is 14.9. The minimum absolute atomic E-state index is 0.764. The van der Waals surface area contributed by atoms with Gasteiger partial charge in [-0.1, -0.05) is 42.5 Å².